The highest BCUT2D eigenvalue weighted by Gasteiger charge is 2.38. The van der Waals surface area contributed by atoms with Crippen LogP contribution in [-0.2, 0) is 17.0 Å². The number of hydrogen-bond donors (Lipinski definition) is 0. The Kier molecular flexibility index (Phi) is 3.67. The third-order valence-corrected chi connectivity index (χ3v) is 6.14. The van der Waals surface area contributed by atoms with Crippen LogP contribution < -0.4 is 0 Å². The smallest absolute Gasteiger partial charge is 0.259 e. The standard InChI is InChI=1S/C15H14F4OS/c16-10-4-5-13(14(8-10)15(17,18)19)9-6-11-2-1-3-12(7-9)21(11)20/h4-6,8,11-12H,1-3,7H2. The molecular formula is C15H14F4OS. The predicted molar refractivity (Wildman–Crippen MR) is 73.6 cm³/mol. The van der Waals surface area contributed by atoms with Crippen molar-refractivity contribution in [3.8, 4) is 0 Å². The van der Waals surface area contributed by atoms with Crippen molar-refractivity contribution in [1.82, 2.24) is 0 Å². The average Bonchev–Trinajstić information content (AvgIpc) is 2.37. The largest absolute Gasteiger partial charge is 0.417 e. The summed E-state index contributed by atoms with van der Waals surface area (Å²) in [6.45, 7) is 0. The van der Waals surface area contributed by atoms with Gasteiger partial charge in [-0.2, -0.15) is 13.2 Å². The van der Waals surface area contributed by atoms with E-state index >= 15 is 0 Å². The average molecular weight is 318 g/mol. The maximum absolute atomic E-state index is 13.2. The number of rotatable bonds is 1. The number of allylic oxidation sites excluding steroid dienone is 1. The van der Waals surface area contributed by atoms with Gasteiger partial charge in [-0.15, -0.1) is 0 Å². The van der Waals surface area contributed by atoms with Crippen LogP contribution in [-0.4, -0.2) is 14.7 Å². The van der Waals surface area contributed by atoms with E-state index in [9.17, 15) is 21.8 Å². The molecule has 1 aromatic rings. The van der Waals surface area contributed by atoms with Gasteiger partial charge in [0.15, 0.2) is 0 Å². The molecule has 2 bridgehead atoms. The molecule has 0 saturated carbocycles. The van der Waals surface area contributed by atoms with E-state index < -0.39 is 28.4 Å². The van der Waals surface area contributed by atoms with Crippen molar-refractivity contribution >= 4 is 16.4 Å². The molecule has 0 amide bonds. The molecule has 0 N–H and O–H groups in total. The molecule has 6 heteroatoms. The molecule has 0 aromatic heterocycles. The second-order valence-electron chi connectivity index (χ2n) is 5.50. The van der Waals surface area contributed by atoms with Crippen molar-refractivity contribution in [2.75, 3.05) is 0 Å². The molecule has 2 heterocycles. The molecule has 1 aromatic carbocycles. The number of benzene rings is 1. The zero-order valence-electron chi connectivity index (χ0n) is 11.1. The SMILES string of the molecule is O=S1C2C=C(c3ccc(F)cc3C(F)(F)F)CC1CCC2. The second-order valence-corrected chi connectivity index (χ2v) is 7.43. The van der Waals surface area contributed by atoms with Crippen LogP contribution in [0.15, 0.2) is 24.3 Å². The van der Waals surface area contributed by atoms with E-state index in [1.165, 1.54) is 6.07 Å². The molecule has 2 aliphatic heterocycles. The molecule has 114 valence electrons. The summed E-state index contributed by atoms with van der Waals surface area (Å²) in [5, 5.41) is -0.242. The fourth-order valence-electron chi connectivity index (χ4n) is 3.13. The molecule has 3 unspecified atom stereocenters. The molecule has 1 fully saturated rings. The lowest BCUT2D eigenvalue weighted by Crippen LogP contribution is -2.33. The van der Waals surface area contributed by atoms with E-state index in [4.69, 9.17) is 0 Å². The first kappa shape index (κ1) is 14.8. The monoisotopic (exact) mass is 318 g/mol. The summed E-state index contributed by atoms with van der Waals surface area (Å²) in [4.78, 5) is 0. The van der Waals surface area contributed by atoms with Crippen molar-refractivity contribution in [1.29, 1.82) is 0 Å². The van der Waals surface area contributed by atoms with Gasteiger partial charge in [-0.3, -0.25) is 4.21 Å². The predicted octanol–water partition coefficient (Wildman–Crippen LogP) is 4.30. The zero-order chi connectivity index (χ0) is 15.2. The number of alkyl halides is 3. The summed E-state index contributed by atoms with van der Waals surface area (Å²) >= 11 is 0. The van der Waals surface area contributed by atoms with Gasteiger partial charge in [0.2, 0.25) is 0 Å². The molecule has 0 aliphatic carbocycles. The first-order valence-electron chi connectivity index (χ1n) is 6.83. The van der Waals surface area contributed by atoms with E-state index in [0.29, 0.717) is 18.1 Å². The van der Waals surface area contributed by atoms with E-state index in [1.807, 2.05) is 0 Å². The van der Waals surface area contributed by atoms with Crippen LogP contribution in [0.3, 0.4) is 0 Å². The van der Waals surface area contributed by atoms with E-state index in [0.717, 1.165) is 25.3 Å². The van der Waals surface area contributed by atoms with Crippen LogP contribution in [0.4, 0.5) is 17.6 Å². The van der Waals surface area contributed by atoms with E-state index in [2.05, 4.69) is 0 Å². The summed E-state index contributed by atoms with van der Waals surface area (Å²) in [7, 11) is -0.994. The van der Waals surface area contributed by atoms with Gasteiger partial charge in [0.05, 0.1) is 10.8 Å². The Balaban J connectivity index is 2.07. The summed E-state index contributed by atoms with van der Waals surface area (Å²) in [5.74, 6) is -0.897. The minimum atomic E-state index is -4.59. The Labute approximate surface area is 122 Å². The zero-order valence-corrected chi connectivity index (χ0v) is 11.9. The third kappa shape index (κ3) is 2.78. The lowest BCUT2D eigenvalue weighted by Gasteiger charge is -2.33. The van der Waals surface area contributed by atoms with Crippen molar-refractivity contribution in [2.45, 2.75) is 42.4 Å². The summed E-state index contributed by atoms with van der Waals surface area (Å²) in [5.41, 5.74) is -0.367. The molecule has 0 spiro atoms. The first-order valence-corrected chi connectivity index (χ1v) is 8.11. The topological polar surface area (TPSA) is 17.1 Å². The summed E-state index contributed by atoms with van der Waals surface area (Å²) in [6.07, 6.45) is -0.0331. The first-order chi connectivity index (χ1) is 9.86. The van der Waals surface area contributed by atoms with Gasteiger partial charge in [-0.25, -0.2) is 4.39 Å². The molecule has 1 nitrogen and oxygen atoms in total. The third-order valence-electron chi connectivity index (χ3n) is 4.11. The lowest BCUT2D eigenvalue weighted by molar-refractivity contribution is -0.138. The highest BCUT2D eigenvalue weighted by molar-refractivity contribution is 7.86. The van der Waals surface area contributed by atoms with E-state index in [-0.39, 0.29) is 16.1 Å². The van der Waals surface area contributed by atoms with Crippen LogP contribution in [0.2, 0.25) is 0 Å². The highest BCUT2D eigenvalue weighted by atomic mass is 32.2. The molecule has 1 saturated heterocycles. The van der Waals surface area contributed by atoms with Crippen LogP contribution in [0.1, 0.15) is 36.8 Å². The van der Waals surface area contributed by atoms with Gasteiger partial charge in [0.25, 0.3) is 0 Å². The van der Waals surface area contributed by atoms with Crippen LogP contribution in [0.25, 0.3) is 5.57 Å². The molecule has 3 rings (SSSR count). The quantitative estimate of drug-likeness (QED) is 0.706. The van der Waals surface area contributed by atoms with Crippen molar-refractivity contribution in [3.05, 3.63) is 41.2 Å². The molecular weight excluding hydrogens is 304 g/mol. The Morgan fingerprint density at radius 2 is 1.95 bits per heavy atom. The Morgan fingerprint density at radius 3 is 2.62 bits per heavy atom. The van der Waals surface area contributed by atoms with Crippen molar-refractivity contribution in [2.24, 2.45) is 0 Å². The Hall–Kier alpha value is -1.17. The number of hydrogen-bond acceptors (Lipinski definition) is 1. The number of halogens is 4. The molecule has 0 radical (unpaired) electrons. The highest BCUT2D eigenvalue weighted by Crippen LogP contribution is 2.41. The molecule has 21 heavy (non-hydrogen) atoms. The Morgan fingerprint density at radius 1 is 1.19 bits per heavy atom. The van der Waals surface area contributed by atoms with Crippen LogP contribution in [0, 0.1) is 5.82 Å². The van der Waals surface area contributed by atoms with Gasteiger partial charge in [0.1, 0.15) is 5.82 Å². The molecule has 3 atom stereocenters. The summed E-state index contributed by atoms with van der Waals surface area (Å²) < 4.78 is 64.6. The minimum absolute atomic E-state index is 0.0255. The number of fused-ring (bicyclic) bond motifs is 2. The molecule has 2 aliphatic rings. The van der Waals surface area contributed by atoms with Crippen LogP contribution >= 0.6 is 0 Å². The Bertz CT molecular complexity index is 621. The maximum atomic E-state index is 13.2. The van der Waals surface area contributed by atoms with Crippen molar-refractivity contribution < 1.29 is 21.8 Å². The van der Waals surface area contributed by atoms with Crippen molar-refractivity contribution in [3.63, 3.8) is 0 Å². The van der Waals surface area contributed by atoms with Gasteiger partial charge in [-0.1, -0.05) is 18.6 Å². The van der Waals surface area contributed by atoms with E-state index in [1.54, 1.807) is 6.08 Å². The van der Waals surface area contributed by atoms with Gasteiger partial charge < -0.3 is 0 Å². The fraction of sp³-hybridized carbons (Fsp3) is 0.467. The van der Waals surface area contributed by atoms with Gasteiger partial charge >= 0.3 is 6.18 Å². The van der Waals surface area contributed by atoms with Crippen LogP contribution in [0.5, 0.6) is 0 Å². The van der Waals surface area contributed by atoms with Gasteiger partial charge in [0, 0.05) is 16.0 Å². The fourth-order valence-corrected chi connectivity index (χ4v) is 5.06. The maximum Gasteiger partial charge on any atom is 0.417 e. The normalized spacial score (nSPS) is 29.1. The lowest BCUT2D eigenvalue weighted by atomic mass is 9.90. The second kappa shape index (κ2) is 5.23. The van der Waals surface area contributed by atoms with Gasteiger partial charge in [-0.05, 0) is 42.5 Å². The minimum Gasteiger partial charge on any atom is -0.259 e. The summed E-state index contributed by atoms with van der Waals surface area (Å²) in [6, 6.07) is 2.78.